The molecule has 0 amide bonds. The second-order valence-corrected chi connectivity index (χ2v) is 6.11. The van der Waals surface area contributed by atoms with E-state index in [1.165, 1.54) is 0 Å². The molecule has 0 aromatic carbocycles. The summed E-state index contributed by atoms with van der Waals surface area (Å²) in [6, 6.07) is 1.78. The number of pyridine rings is 1. The Morgan fingerprint density at radius 1 is 1.47 bits per heavy atom. The van der Waals surface area contributed by atoms with Crippen molar-refractivity contribution in [2.45, 2.75) is 18.2 Å². The SMILES string of the molecule is C=C(c1c[nH]c2c(C)nc(Cl)cc12)C(C)(Cl)Cl. The molecule has 2 aromatic heterocycles. The van der Waals surface area contributed by atoms with Crippen LogP contribution in [-0.2, 0) is 0 Å². The molecule has 1 N–H and O–H groups in total. The van der Waals surface area contributed by atoms with Crippen LogP contribution < -0.4 is 0 Å². The van der Waals surface area contributed by atoms with Crippen molar-refractivity contribution < 1.29 is 0 Å². The number of nitrogens with one attached hydrogen (secondary N) is 1. The average molecular weight is 290 g/mol. The second kappa shape index (κ2) is 4.20. The molecule has 0 radical (unpaired) electrons. The van der Waals surface area contributed by atoms with Gasteiger partial charge in [-0.15, -0.1) is 0 Å². The molecule has 2 rings (SSSR count). The zero-order valence-electron chi connectivity index (χ0n) is 9.44. The summed E-state index contributed by atoms with van der Waals surface area (Å²) in [6.07, 6.45) is 1.82. The Labute approximate surface area is 115 Å². The van der Waals surface area contributed by atoms with Gasteiger partial charge in [0.05, 0.1) is 11.2 Å². The van der Waals surface area contributed by atoms with Crippen LogP contribution in [0.25, 0.3) is 16.5 Å². The van der Waals surface area contributed by atoms with Crippen molar-refractivity contribution in [3.63, 3.8) is 0 Å². The maximum absolute atomic E-state index is 6.06. The molecule has 90 valence electrons. The summed E-state index contributed by atoms with van der Waals surface area (Å²) < 4.78 is -1.02. The smallest absolute Gasteiger partial charge is 0.140 e. The van der Waals surface area contributed by atoms with E-state index in [9.17, 15) is 0 Å². The molecule has 0 fully saturated rings. The van der Waals surface area contributed by atoms with Crippen molar-refractivity contribution in [3.8, 4) is 0 Å². The summed E-state index contributed by atoms with van der Waals surface area (Å²) >= 11 is 18.1. The van der Waals surface area contributed by atoms with Gasteiger partial charge in [0.1, 0.15) is 9.49 Å². The van der Waals surface area contributed by atoms with Crippen LogP contribution in [0, 0.1) is 6.92 Å². The van der Waals surface area contributed by atoms with Crippen molar-refractivity contribution >= 4 is 51.3 Å². The number of rotatable bonds is 2. The molecule has 0 unspecified atom stereocenters. The molecule has 0 saturated heterocycles. The lowest BCUT2D eigenvalue weighted by Crippen LogP contribution is -2.07. The summed E-state index contributed by atoms with van der Waals surface area (Å²) in [4.78, 5) is 7.31. The van der Waals surface area contributed by atoms with Gasteiger partial charge in [0.15, 0.2) is 0 Å². The Hall–Kier alpha value is -0.700. The van der Waals surface area contributed by atoms with Crippen LogP contribution in [0.1, 0.15) is 18.2 Å². The Kier molecular flexibility index (Phi) is 3.15. The number of halogens is 3. The van der Waals surface area contributed by atoms with Crippen molar-refractivity contribution in [2.24, 2.45) is 0 Å². The van der Waals surface area contributed by atoms with E-state index in [0.29, 0.717) is 10.7 Å². The number of hydrogen-bond acceptors (Lipinski definition) is 1. The second-order valence-electron chi connectivity index (χ2n) is 4.02. The molecular weight excluding hydrogens is 279 g/mol. The average Bonchev–Trinajstić information content (AvgIpc) is 2.58. The van der Waals surface area contributed by atoms with Gasteiger partial charge in [-0.1, -0.05) is 41.4 Å². The molecule has 17 heavy (non-hydrogen) atoms. The van der Waals surface area contributed by atoms with E-state index >= 15 is 0 Å². The summed E-state index contributed by atoms with van der Waals surface area (Å²) in [5, 5.41) is 1.37. The molecule has 0 aliphatic carbocycles. The third-order valence-electron chi connectivity index (χ3n) is 2.68. The van der Waals surface area contributed by atoms with E-state index in [4.69, 9.17) is 34.8 Å². The number of aromatic amines is 1. The lowest BCUT2D eigenvalue weighted by atomic mass is 10.0. The van der Waals surface area contributed by atoms with Gasteiger partial charge in [0.25, 0.3) is 0 Å². The van der Waals surface area contributed by atoms with E-state index in [2.05, 4.69) is 16.5 Å². The fourth-order valence-electron chi connectivity index (χ4n) is 1.74. The number of aryl methyl sites for hydroxylation is 1. The van der Waals surface area contributed by atoms with E-state index in [0.717, 1.165) is 22.2 Å². The Morgan fingerprint density at radius 3 is 2.71 bits per heavy atom. The van der Waals surface area contributed by atoms with Crippen LogP contribution in [0.2, 0.25) is 5.15 Å². The molecule has 0 aliphatic heterocycles. The molecule has 2 heterocycles. The number of hydrogen-bond donors (Lipinski definition) is 1. The molecule has 5 heteroatoms. The highest BCUT2D eigenvalue weighted by Crippen LogP contribution is 2.38. The zero-order valence-corrected chi connectivity index (χ0v) is 11.7. The van der Waals surface area contributed by atoms with Gasteiger partial charge in [0.2, 0.25) is 0 Å². The third-order valence-corrected chi connectivity index (χ3v) is 3.32. The van der Waals surface area contributed by atoms with Gasteiger partial charge in [-0.05, 0) is 25.5 Å². The van der Waals surface area contributed by atoms with E-state index in [1.54, 1.807) is 13.0 Å². The van der Waals surface area contributed by atoms with Gasteiger partial charge in [-0.25, -0.2) is 4.98 Å². The highest BCUT2D eigenvalue weighted by atomic mass is 35.5. The van der Waals surface area contributed by atoms with E-state index < -0.39 is 4.33 Å². The summed E-state index contributed by atoms with van der Waals surface area (Å²) in [5.41, 5.74) is 3.24. The lowest BCUT2D eigenvalue weighted by Gasteiger charge is -2.16. The largest absolute Gasteiger partial charge is 0.359 e. The number of aromatic nitrogens is 2. The molecule has 0 aliphatic rings. The van der Waals surface area contributed by atoms with Crippen LogP contribution in [0.15, 0.2) is 18.8 Å². The van der Waals surface area contributed by atoms with Gasteiger partial charge in [0, 0.05) is 17.1 Å². The topological polar surface area (TPSA) is 28.7 Å². The maximum atomic E-state index is 6.06. The first kappa shape index (κ1) is 12.7. The first-order valence-electron chi connectivity index (χ1n) is 5.02. The van der Waals surface area contributed by atoms with Crippen LogP contribution in [0.5, 0.6) is 0 Å². The van der Waals surface area contributed by atoms with Crippen molar-refractivity contribution in [3.05, 3.63) is 35.3 Å². The third kappa shape index (κ3) is 2.30. The Morgan fingerprint density at radius 2 is 2.12 bits per heavy atom. The molecule has 0 bridgehead atoms. The number of H-pyrrole nitrogens is 1. The standard InChI is InChI=1S/C12H11Cl3N2/c1-6(12(3,14)15)9-5-16-11-7(2)17-10(13)4-8(9)11/h4-5,16H,1H2,2-3H3. The van der Waals surface area contributed by atoms with Crippen LogP contribution in [0.3, 0.4) is 0 Å². The minimum Gasteiger partial charge on any atom is -0.359 e. The fourth-order valence-corrected chi connectivity index (χ4v) is 2.18. The van der Waals surface area contributed by atoms with Crippen molar-refractivity contribution in [2.75, 3.05) is 0 Å². The number of nitrogens with zero attached hydrogens (tertiary/aromatic N) is 1. The number of alkyl halides is 2. The lowest BCUT2D eigenvalue weighted by molar-refractivity contribution is 1.15. The predicted octanol–water partition coefficient (Wildman–Crippen LogP) is 4.73. The summed E-state index contributed by atoms with van der Waals surface area (Å²) in [7, 11) is 0. The minimum absolute atomic E-state index is 0.439. The molecule has 0 saturated carbocycles. The van der Waals surface area contributed by atoms with Gasteiger partial charge < -0.3 is 4.98 Å². The van der Waals surface area contributed by atoms with Crippen molar-refractivity contribution in [1.29, 1.82) is 0 Å². The first-order chi connectivity index (χ1) is 7.80. The van der Waals surface area contributed by atoms with Crippen LogP contribution in [0.4, 0.5) is 0 Å². The van der Waals surface area contributed by atoms with E-state index in [-0.39, 0.29) is 0 Å². The summed E-state index contributed by atoms with van der Waals surface area (Å²) in [6.45, 7) is 7.50. The number of allylic oxidation sites excluding steroid dienone is 1. The fraction of sp³-hybridized carbons (Fsp3) is 0.250. The molecule has 0 atom stereocenters. The highest BCUT2D eigenvalue weighted by molar-refractivity contribution is 6.54. The Balaban J connectivity index is 2.69. The molecular formula is C12H11Cl3N2. The number of fused-ring (bicyclic) bond motifs is 1. The van der Waals surface area contributed by atoms with Gasteiger partial charge in [-0.2, -0.15) is 0 Å². The Bertz CT molecular complexity index is 594. The van der Waals surface area contributed by atoms with Crippen molar-refractivity contribution in [1.82, 2.24) is 9.97 Å². The van der Waals surface area contributed by atoms with Gasteiger partial charge in [-0.3, -0.25) is 0 Å². The van der Waals surface area contributed by atoms with E-state index in [1.807, 2.05) is 13.1 Å². The predicted molar refractivity (Wildman–Crippen MR) is 75.0 cm³/mol. The monoisotopic (exact) mass is 288 g/mol. The molecule has 0 spiro atoms. The van der Waals surface area contributed by atoms with Crippen LogP contribution >= 0.6 is 34.8 Å². The summed E-state index contributed by atoms with van der Waals surface area (Å²) in [5.74, 6) is 0. The molecule has 2 aromatic rings. The minimum atomic E-state index is -1.02. The zero-order chi connectivity index (χ0) is 12.8. The quantitative estimate of drug-likeness (QED) is 0.628. The first-order valence-corrected chi connectivity index (χ1v) is 6.16. The normalized spacial score (nSPS) is 12.1. The van der Waals surface area contributed by atoms with Crippen LogP contribution in [-0.4, -0.2) is 14.3 Å². The maximum Gasteiger partial charge on any atom is 0.140 e. The highest BCUT2D eigenvalue weighted by Gasteiger charge is 2.24. The van der Waals surface area contributed by atoms with Gasteiger partial charge >= 0.3 is 0 Å². The molecule has 2 nitrogen and oxygen atoms in total.